The molecule has 1 N–H and O–H groups in total. The van der Waals surface area contributed by atoms with E-state index >= 15 is 0 Å². The van der Waals surface area contributed by atoms with Crippen molar-refractivity contribution in [3.63, 3.8) is 0 Å². The third kappa shape index (κ3) is 4.84. The van der Waals surface area contributed by atoms with Crippen molar-refractivity contribution in [1.82, 2.24) is 5.32 Å². The number of rotatable bonds is 7. The first-order chi connectivity index (χ1) is 15.7. The molecular formula is C25H25N3O4S. The van der Waals surface area contributed by atoms with Crippen LogP contribution in [0.1, 0.15) is 30.4 Å². The van der Waals surface area contributed by atoms with E-state index < -0.39 is 21.3 Å². The van der Waals surface area contributed by atoms with Crippen LogP contribution in [0.3, 0.4) is 0 Å². The van der Waals surface area contributed by atoms with Gasteiger partial charge < -0.3 is 10.1 Å². The highest BCUT2D eigenvalue weighted by Crippen LogP contribution is 2.33. The number of nitrogens with zero attached hydrogens (tertiary/aromatic N) is 2. The molecule has 0 amide bonds. The van der Waals surface area contributed by atoms with Crippen LogP contribution in [-0.2, 0) is 25.8 Å². The van der Waals surface area contributed by atoms with Gasteiger partial charge in [0.1, 0.15) is 6.07 Å². The molecule has 2 aromatic carbocycles. The number of hydrogen-bond acceptors (Lipinski definition) is 7. The predicted octanol–water partition coefficient (Wildman–Crippen LogP) is 2.79. The highest BCUT2D eigenvalue weighted by Gasteiger charge is 2.47. The maximum Gasteiger partial charge on any atom is 0.176 e. The largest absolute Gasteiger partial charge is 0.377 e. The second-order valence-corrected chi connectivity index (χ2v) is 10.8. The molecule has 0 spiro atoms. The Morgan fingerprint density at radius 2 is 1.94 bits per heavy atom. The van der Waals surface area contributed by atoms with Gasteiger partial charge in [-0.1, -0.05) is 30.3 Å². The van der Waals surface area contributed by atoms with Gasteiger partial charge >= 0.3 is 0 Å². The molecule has 0 unspecified atom stereocenters. The van der Waals surface area contributed by atoms with Crippen molar-refractivity contribution in [2.75, 3.05) is 19.4 Å². The molecule has 2 bridgehead atoms. The number of benzene rings is 2. The lowest BCUT2D eigenvalue weighted by Crippen LogP contribution is -2.49. The van der Waals surface area contributed by atoms with Crippen LogP contribution in [0, 0.1) is 28.6 Å². The van der Waals surface area contributed by atoms with Gasteiger partial charge in [-0.25, -0.2) is 8.42 Å². The Morgan fingerprint density at radius 3 is 2.61 bits per heavy atom. The lowest BCUT2D eigenvalue weighted by molar-refractivity contribution is -0.128. The van der Waals surface area contributed by atoms with E-state index in [0.29, 0.717) is 38.0 Å². The Bertz CT molecular complexity index is 1250. The molecule has 2 fully saturated rings. The van der Waals surface area contributed by atoms with Crippen LogP contribution in [0.4, 0.5) is 0 Å². The highest BCUT2D eigenvalue weighted by atomic mass is 32.2. The lowest BCUT2D eigenvalue weighted by Gasteiger charge is -2.31. The molecule has 0 radical (unpaired) electrons. The Kier molecular flexibility index (Phi) is 6.36. The smallest absolute Gasteiger partial charge is 0.176 e. The van der Waals surface area contributed by atoms with Crippen LogP contribution in [-0.4, -0.2) is 45.3 Å². The first-order valence-electron chi connectivity index (χ1n) is 10.9. The van der Waals surface area contributed by atoms with Crippen LogP contribution in [0.5, 0.6) is 0 Å². The summed E-state index contributed by atoms with van der Waals surface area (Å²) < 4.78 is 29.7. The molecule has 2 heterocycles. The summed E-state index contributed by atoms with van der Waals surface area (Å²) in [5, 5.41) is 22.2. The zero-order valence-corrected chi connectivity index (χ0v) is 19.2. The van der Waals surface area contributed by atoms with E-state index in [2.05, 4.69) is 11.4 Å². The molecule has 8 heteroatoms. The van der Waals surface area contributed by atoms with Crippen LogP contribution in [0.15, 0.2) is 47.4 Å². The summed E-state index contributed by atoms with van der Waals surface area (Å²) in [5.41, 5.74) is 1.99. The summed E-state index contributed by atoms with van der Waals surface area (Å²) in [7, 11) is -3.53. The third-order valence-electron chi connectivity index (χ3n) is 6.55. The van der Waals surface area contributed by atoms with Crippen molar-refractivity contribution in [2.45, 2.75) is 42.2 Å². The van der Waals surface area contributed by atoms with E-state index in [9.17, 15) is 23.7 Å². The molecule has 2 aliphatic heterocycles. The van der Waals surface area contributed by atoms with Crippen molar-refractivity contribution in [2.24, 2.45) is 5.92 Å². The molecule has 4 rings (SSSR count). The van der Waals surface area contributed by atoms with Gasteiger partial charge in [-0.2, -0.15) is 10.5 Å². The normalized spacial score (nSPS) is 22.8. The number of Topliss-reactive ketones (excluding diaryl/α,β-unsaturated/α-hetero) is 1. The second-order valence-electron chi connectivity index (χ2n) is 8.86. The Hall–Kier alpha value is -3.04. The van der Waals surface area contributed by atoms with E-state index in [1.807, 2.05) is 30.3 Å². The Morgan fingerprint density at radius 1 is 1.21 bits per heavy atom. The fraction of sp³-hybridized carbons (Fsp3) is 0.400. The van der Waals surface area contributed by atoms with Gasteiger partial charge in [0.15, 0.2) is 15.6 Å². The fourth-order valence-corrected chi connectivity index (χ4v) is 5.56. The molecule has 33 heavy (non-hydrogen) atoms. The molecule has 170 valence electrons. The van der Waals surface area contributed by atoms with Crippen molar-refractivity contribution < 1.29 is 17.9 Å². The van der Waals surface area contributed by atoms with Gasteiger partial charge in [0, 0.05) is 32.2 Å². The zero-order chi connectivity index (χ0) is 23.6. The highest BCUT2D eigenvalue weighted by molar-refractivity contribution is 7.90. The molecule has 0 aromatic heterocycles. The summed E-state index contributed by atoms with van der Waals surface area (Å²) in [6.45, 7) is 1.25. The standard InChI is InChI=1S/C25H25N3O4S/c1-33(30,31)23-12-20(6-7-21(23)15-27)19-4-2-17(3-5-19)10-18(14-26)11-24(29)25-8-9-32-22(13-25)16-28-25/h2-7,12,18,22,28H,8-11,13,16H2,1H3/t18-,22-,25+/m1/s1. The van der Waals surface area contributed by atoms with Crippen LogP contribution < -0.4 is 5.32 Å². The van der Waals surface area contributed by atoms with Crippen molar-refractivity contribution >= 4 is 15.6 Å². The molecule has 7 nitrogen and oxygen atoms in total. The number of ketones is 1. The van der Waals surface area contributed by atoms with E-state index in [1.54, 1.807) is 6.07 Å². The Balaban J connectivity index is 1.47. The van der Waals surface area contributed by atoms with Gasteiger partial charge in [0.25, 0.3) is 0 Å². The van der Waals surface area contributed by atoms with Crippen molar-refractivity contribution in [3.05, 3.63) is 53.6 Å². The van der Waals surface area contributed by atoms with E-state index in [4.69, 9.17) is 4.74 Å². The first kappa shape index (κ1) is 23.1. The lowest BCUT2D eigenvalue weighted by atomic mass is 9.81. The Labute approximate surface area is 193 Å². The molecule has 2 aliphatic rings. The molecule has 0 aliphatic carbocycles. The number of fused-ring (bicyclic) bond motifs is 2. The number of sulfone groups is 1. The number of ether oxygens (including phenoxy) is 1. The van der Waals surface area contributed by atoms with Gasteiger partial charge in [-0.3, -0.25) is 4.79 Å². The molecule has 0 saturated carbocycles. The van der Waals surface area contributed by atoms with E-state index in [-0.39, 0.29) is 28.8 Å². The summed E-state index contributed by atoms with van der Waals surface area (Å²) in [6, 6.07) is 16.4. The maximum absolute atomic E-state index is 13.0. The molecule has 3 atom stereocenters. The van der Waals surface area contributed by atoms with Crippen LogP contribution in [0.2, 0.25) is 0 Å². The van der Waals surface area contributed by atoms with Gasteiger partial charge in [0.05, 0.1) is 34.1 Å². The van der Waals surface area contributed by atoms with Crippen LogP contribution in [0.25, 0.3) is 11.1 Å². The summed E-state index contributed by atoms with van der Waals surface area (Å²) in [6.07, 6.45) is 3.15. The van der Waals surface area contributed by atoms with Crippen LogP contribution >= 0.6 is 0 Å². The fourth-order valence-electron chi connectivity index (χ4n) is 4.70. The van der Waals surface area contributed by atoms with E-state index in [1.165, 1.54) is 12.1 Å². The summed E-state index contributed by atoms with van der Waals surface area (Å²) in [5.74, 6) is -0.337. The molecule has 2 saturated heterocycles. The first-order valence-corrected chi connectivity index (χ1v) is 12.8. The average Bonchev–Trinajstić information content (AvgIpc) is 3.12. The van der Waals surface area contributed by atoms with Crippen molar-refractivity contribution in [1.29, 1.82) is 10.5 Å². The van der Waals surface area contributed by atoms with Gasteiger partial charge in [-0.05, 0) is 41.7 Å². The quantitative estimate of drug-likeness (QED) is 0.670. The number of nitriles is 2. The zero-order valence-electron chi connectivity index (χ0n) is 18.4. The number of carbonyl (C=O) groups excluding carboxylic acids is 1. The minimum atomic E-state index is -3.53. The minimum Gasteiger partial charge on any atom is -0.377 e. The molecule has 2 aromatic rings. The van der Waals surface area contributed by atoms with Crippen molar-refractivity contribution in [3.8, 4) is 23.3 Å². The molecular weight excluding hydrogens is 438 g/mol. The monoisotopic (exact) mass is 463 g/mol. The summed E-state index contributed by atoms with van der Waals surface area (Å²) >= 11 is 0. The summed E-state index contributed by atoms with van der Waals surface area (Å²) in [4.78, 5) is 13.0. The average molecular weight is 464 g/mol. The third-order valence-corrected chi connectivity index (χ3v) is 7.68. The second kappa shape index (κ2) is 9.07. The number of nitrogens with one attached hydrogen (secondary N) is 1. The van der Waals surface area contributed by atoms with Gasteiger partial charge in [0.2, 0.25) is 0 Å². The van der Waals surface area contributed by atoms with E-state index in [0.717, 1.165) is 17.4 Å². The van der Waals surface area contributed by atoms with Gasteiger partial charge in [-0.15, -0.1) is 0 Å². The topological polar surface area (TPSA) is 120 Å². The SMILES string of the molecule is CS(=O)(=O)c1cc(-c2ccc(C[C@@H](C#N)CC(=O)[C@@]34CCO[C@@H](CN3)C4)cc2)ccc1C#N. The predicted molar refractivity (Wildman–Crippen MR) is 122 cm³/mol. The number of hydrogen-bond donors (Lipinski definition) is 1. The minimum absolute atomic E-state index is 0.00452. The maximum atomic E-state index is 13.0. The number of carbonyl (C=O) groups is 1.